The van der Waals surface area contributed by atoms with Crippen LogP contribution in [0.2, 0.25) is 0 Å². The standard InChI is InChI=1S/C11H15NO2/c1-8(7-12)9-3-2-4-10-11(9)14-6-5-13-10/h2-4,8H,5-7,12H2,1H3/t8-/m1/s1. The Balaban J connectivity index is 2.39. The van der Waals surface area contributed by atoms with Gasteiger partial charge in [0.2, 0.25) is 0 Å². The number of ether oxygens (including phenoxy) is 2. The molecule has 1 aliphatic heterocycles. The minimum Gasteiger partial charge on any atom is -0.486 e. The summed E-state index contributed by atoms with van der Waals surface area (Å²) in [6.45, 7) is 3.97. The van der Waals surface area contributed by atoms with Crippen molar-refractivity contribution in [1.29, 1.82) is 0 Å². The quantitative estimate of drug-likeness (QED) is 0.774. The lowest BCUT2D eigenvalue weighted by atomic mass is 10.00. The number of hydrogen-bond donors (Lipinski definition) is 1. The molecule has 1 aliphatic rings. The molecule has 0 unspecified atom stereocenters. The van der Waals surface area contributed by atoms with Gasteiger partial charge >= 0.3 is 0 Å². The predicted octanol–water partition coefficient (Wildman–Crippen LogP) is 1.52. The van der Waals surface area contributed by atoms with Crippen molar-refractivity contribution in [3.05, 3.63) is 23.8 Å². The average molecular weight is 193 g/mol. The van der Waals surface area contributed by atoms with Crippen LogP contribution in [0.4, 0.5) is 0 Å². The second kappa shape index (κ2) is 3.88. The first-order valence-corrected chi connectivity index (χ1v) is 4.91. The second-order valence-electron chi connectivity index (χ2n) is 3.51. The molecule has 1 atom stereocenters. The number of nitrogens with two attached hydrogens (primary N) is 1. The van der Waals surface area contributed by atoms with Crippen LogP contribution in [0, 0.1) is 0 Å². The van der Waals surface area contributed by atoms with Crippen LogP contribution in [-0.2, 0) is 0 Å². The Hall–Kier alpha value is -1.22. The molecule has 0 spiro atoms. The molecule has 0 radical (unpaired) electrons. The molecule has 76 valence electrons. The van der Waals surface area contributed by atoms with Gasteiger partial charge in [-0.15, -0.1) is 0 Å². The summed E-state index contributed by atoms with van der Waals surface area (Å²) in [6.07, 6.45) is 0. The van der Waals surface area contributed by atoms with Crippen molar-refractivity contribution in [2.75, 3.05) is 19.8 Å². The fourth-order valence-corrected chi connectivity index (χ4v) is 1.61. The van der Waals surface area contributed by atoms with E-state index in [1.165, 1.54) is 0 Å². The molecule has 1 heterocycles. The summed E-state index contributed by atoms with van der Waals surface area (Å²) in [5.74, 6) is 2.03. The number of hydrogen-bond acceptors (Lipinski definition) is 3. The van der Waals surface area contributed by atoms with Gasteiger partial charge in [-0.2, -0.15) is 0 Å². The molecule has 0 saturated heterocycles. The lowest BCUT2D eigenvalue weighted by molar-refractivity contribution is 0.169. The number of para-hydroxylation sites is 1. The first-order valence-electron chi connectivity index (χ1n) is 4.91. The van der Waals surface area contributed by atoms with Gasteiger partial charge in [0.1, 0.15) is 13.2 Å². The highest BCUT2D eigenvalue weighted by molar-refractivity contribution is 5.48. The first kappa shape index (κ1) is 9.34. The molecule has 0 saturated carbocycles. The summed E-state index contributed by atoms with van der Waals surface area (Å²) in [5, 5.41) is 0. The second-order valence-corrected chi connectivity index (χ2v) is 3.51. The van der Waals surface area contributed by atoms with Crippen molar-refractivity contribution in [2.24, 2.45) is 5.73 Å². The van der Waals surface area contributed by atoms with E-state index in [4.69, 9.17) is 15.2 Å². The Morgan fingerprint density at radius 2 is 2.14 bits per heavy atom. The first-order chi connectivity index (χ1) is 6.83. The summed E-state index contributed by atoms with van der Waals surface area (Å²) < 4.78 is 11.1. The van der Waals surface area contributed by atoms with E-state index in [0.717, 1.165) is 17.1 Å². The topological polar surface area (TPSA) is 44.5 Å². The van der Waals surface area contributed by atoms with Gasteiger partial charge < -0.3 is 15.2 Å². The van der Waals surface area contributed by atoms with E-state index in [9.17, 15) is 0 Å². The normalized spacial score (nSPS) is 16.4. The summed E-state index contributed by atoms with van der Waals surface area (Å²) in [6, 6.07) is 5.96. The lowest BCUT2D eigenvalue weighted by Crippen LogP contribution is -2.18. The van der Waals surface area contributed by atoms with Gasteiger partial charge in [-0.05, 0) is 18.5 Å². The third-order valence-corrected chi connectivity index (χ3v) is 2.48. The minimum absolute atomic E-state index is 0.312. The van der Waals surface area contributed by atoms with Crippen LogP contribution >= 0.6 is 0 Å². The summed E-state index contributed by atoms with van der Waals surface area (Å²) in [4.78, 5) is 0. The zero-order valence-electron chi connectivity index (χ0n) is 8.32. The van der Waals surface area contributed by atoms with E-state index in [0.29, 0.717) is 25.7 Å². The molecule has 0 amide bonds. The van der Waals surface area contributed by atoms with Gasteiger partial charge in [0.25, 0.3) is 0 Å². The Morgan fingerprint density at radius 3 is 2.93 bits per heavy atom. The van der Waals surface area contributed by atoms with Crippen LogP contribution in [-0.4, -0.2) is 19.8 Å². The monoisotopic (exact) mass is 193 g/mol. The van der Waals surface area contributed by atoms with Gasteiger partial charge in [-0.1, -0.05) is 19.1 Å². The van der Waals surface area contributed by atoms with Crippen molar-refractivity contribution in [3.63, 3.8) is 0 Å². The average Bonchev–Trinajstić information content (AvgIpc) is 2.27. The van der Waals surface area contributed by atoms with Crippen molar-refractivity contribution in [2.45, 2.75) is 12.8 Å². The Kier molecular flexibility index (Phi) is 2.59. The van der Waals surface area contributed by atoms with Gasteiger partial charge in [0.15, 0.2) is 11.5 Å². The van der Waals surface area contributed by atoms with E-state index >= 15 is 0 Å². The molecular formula is C11H15NO2. The third-order valence-electron chi connectivity index (χ3n) is 2.48. The van der Waals surface area contributed by atoms with Gasteiger partial charge in [-0.25, -0.2) is 0 Å². The molecule has 2 rings (SSSR count). The highest BCUT2D eigenvalue weighted by atomic mass is 16.6. The molecule has 0 bridgehead atoms. The number of fused-ring (bicyclic) bond motifs is 1. The molecule has 14 heavy (non-hydrogen) atoms. The summed E-state index contributed by atoms with van der Waals surface area (Å²) in [7, 11) is 0. The zero-order chi connectivity index (χ0) is 9.97. The molecule has 0 fully saturated rings. The van der Waals surface area contributed by atoms with Crippen LogP contribution < -0.4 is 15.2 Å². The fourth-order valence-electron chi connectivity index (χ4n) is 1.61. The maximum absolute atomic E-state index is 5.64. The highest BCUT2D eigenvalue weighted by Crippen LogP contribution is 2.37. The lowest BCUT2D eigenvalue weighted by Gasteiger charge is -2.22. The number of rotatable bonds is 2. The molecule has 3 heteroatoms. The van der Waals surface area contributed by atoms with E-state index in [2.05, 4.69) is 6.92 Å². The van der Waals surface area contributed by atoms with E-state index in [1.807, 2.05) is 18.2 Å². The van der Waals surface area contributed by atoms with Crippen LogP contribution in [0.15, 0.2) is 18.2 Å². The maximum Gasteiger partial charge on any atom is 0.164 e. The molecule has 2 N–H and O–H groups in total. The Bertz CT molecular complexity index is 325. The van der Waals surface area contributed by atoms with Gasteiger partial charge in [0.05, 0.1) is 0 Å². The molecule has 0 aliphatic carbocycles. The smallest absolute Gasteiger partial charge is 0.164 e. The fraction of sp³-hybridized carbons (Fsp3) is 0.455. The molecule has 3 nitrogen and oxygen atoms in total. The SMILES string of the molecule is C[C@H](CN)c1cccc2c1OCCO2. The van der Waals surface area contributed by atoms with Crippen molar-refractivity contribution in [3.8, 4) is 11.5 Å². The summed E-state index contributed by atoms with van der Waals surface area (Å²) >= 11 is 0. The zero-order valence-corrected chi connectivity index (χ0v) is 8.32. The highest BCUT2D eigenvalue weighted by Gasteiger charge is 2.18. The van der Waals surface area contributed by atoms with Crippen molar-refractivity contribution >= 4 is 0 Å². The number of benzene rings is 1. The van der Waals surface area contributed by atoms with Crippen LogP contribution in [0.25, 0.3) is 0 Å². The predicted molar refractivity (Wildman–Crippen MR) is 54.9 cm³/mol. The van der Waals surface area contributed by atoms with Crippen molar-refractivity contribution < 1.29 is 9.47 Å². The minimum atomic E-state index is 0.312. The van der Waals surface area contributed by atoms with Crippen LogP contribution in [0.5, 0.6) is 11.5 Å². The summed E-state index contributed by atoms with van der Waals surface area (Å²) in [5.41, 5.74) is 6.78. The van der Waals surface area contributed by atoms with E-state index in [-0.39, 0.29) is 0 Å². The molecule has 1 aromatic carbocycles. The third kappa shape index (κ3) is 1.55. The van der Waals surface area contributed by atoms with Crippen LogP contribution in [0.1, 0.15) is 18.4 Å². The van der Waals surface area contributed by atoms with E-state index < -0.39 is 0 Å². The van der Waals surface area contributed by atoms with E-state index in [1.54, 1.807) is 0 Å². The Labute approximate surface area is 83.8 Å². The Morgan fingerprint density at radius 1 is 1.36 bits per heavy atom. The van der Waals surface area contributed by atoms with Crippen molar-refractivity contribution in [1.82, 2.24) is 0 Å². The molecule has 0 aromatic heterocycles. The maximum atomic E-state index is 5.64. The molecular weight excluding hydrogens is 178 g/mol. The van der Waals surface area contributed by atoms with Gasteiger partial charge in [-0.3, -0.25) is 0 Å². The van der Waals surface area contributed by atoms with Gasteiger partial charge in [0, 0.05) is 5.56 Å². The molecule has 1 aromatic rings. The largest absolute Gasteiger partial charge is 0.486 e. The van der Waals surface area contributed by atoms with Crippen LogP contribution in [0.3, 0.4) is 0 Å².